The van der Waals surface area contributed by atoms with E-state index in [1.54, 1.807) is 7.11 Å². The van der Waals surface area contributed by atoms with E-state index in [9.17, 15) is 4.79 Å². The van der Waals surface area contributed by atoms with Gasteiger partial charge >= 0.3 is 0 Å². The second kappa shape index (κ2) is 6.21. The average Bonchev–Trinajstić information content (AvgIpc) is 2.46. The van der Waals surface area contributed by atoms with Gasteiger partial charge in [-0.2, -0.15) is 0 Å². The Hall–Kier alpha value is -0.310. The third-order valence-electron chi connectivity index (χ3n) is 4.97. The van der Waals surface area contributed by atoms with E-state index in [-0.39, 0.29) is 23.0 Å². The number of carbonyl (C=O) groups excluding carboxylic acids is 1. The lowest BCUT2D eigenvalue weighted by Crippen LogP contribution is -2.52. The summed E-state index contributed by atoms with van der Waals surface area (Å²) in [6.07, 6.45) is 4.32. The molecule has 0 heterocycles. The fourth-order valence-corrected chi connectivity index (χ4v) is 4.67. The van der Waals surface area contributed by atoms with Crippen LogP contribution in [0.1, 0.15) is 26.2 Å². The normalized spacial score (nSPS) is 37.3. The molecule has 2 aliphatic rings. The molecule has 112 valence electrons. The Kier molecular flexibility index (Phi) is 4.99. The maximum atomic E-state index is 12.8. The van der Waals surface area contributed by atoms with Gasteiger partial charge in [0, 0.05) is 35.8 Å². The van der Waals surface area contributed by atoms with Gasteiger partial charge in [-0.15, -0.1) is 23.2 Å². The molecule has 20 heavy (non-hydrogen) atoms. The van der Waals surface area contributed by atoms with Gasteiger partial charge in [0.15, 0.2) is 5.78 Å². The first kappa shape index (κ1) is 16.1. The Balaban J connectivity index is 2.49. The van der Waals surface area contributed by atoms with Gasteiger partial charge in [-0.1, -0.05) is 18.2 Å². The zero-order chi connectivity index (χ0) is 14.9. The van der Waals surface area contributed by atoms with E-state index in [0.717, 1.165) is 30.4 Å². The zero-order valence-corrected chi connectivity index (χ0v) is 13.6. The van der Waals surface area contributed by atoms with Crippen molar-refractivity contribution >= 4 is 29.0 Å². The van der Waals surface area contributed by atoms with Gasteiger partial charge < -0.3 is 4.74 Å². The molecule has 0 N–H and O–H groups in total. The molecule has 0 radical (unpaired) electrons. The monoisotopic (exact) mass is 316 g/mol. The highest BCUT2D eigenvalue weighted by molar-refractivity contribution is 6.20. The van der Waals surface area contributed by atoms with Crippen molar-refractivity contribution in [3.05, 3.63) is 23.8 Å². The topological polar surface area (TPSA) is 26.3 Å². The molecule has 2 rings (SSSR count). The van der Waals surface area contributed by atoms with Gasteiger partial charge in [-0.25, -0.2) is 0 Å². The van der Waals surface area contributed by atoms with Gasteiger partial charge in [0.05, 0.1) is 0 Å². The minimum Gasteiger partial charge on any atom is -0.373 e. The highest BCUT2D eigenvalue weighted by Crippen LogP contribution is 2.53. The molecular formula is C16H22Cl2O2. The van der Waals surface area contributed by atoms with Crippen LogP contribution in [0.3, 0.4) is 0 Å². The van der Waals surface area contributed by atoms with Gasteiger partial charge in [-0.05, 0) is 32.1 Å². The molecule has 4 atom stereocenters. The van der Waals surface area contributed by atoms with E-state index in [2.05, 4.69) is 12.7 Å². The lowest BCUT2D eigenvalue weighted by atomic mass is 9.56. The van der Waals surface area contributed by atoms with E-state index < -0.39 is 6.10 Å². The predicted molar refractivity (Wildman–Crippen MR) is 83.4 cm³/mol. The minimum absolute atomic E-state index is 0.0206. The molecule has 0 spiro atoms. The van der Waals surface area contributed by atoms with Crippen LogP contribution in [-0.2, 0) is 9.53 Å². The molecule has 1 fully saturated rings. The lowest BCUT2D eigenvalue weighted by Gasteiger charge is -2.50. The molecule has 2 aliphatic carbocycles. The number of halogens is 2. The van der Waals surface area contributed by atoms with Crippen LogP contribution in [-0.4, -0.2) is 30.8 Å². The van der Waals surface area contributed by atoms with Crippen LogP contribution in [0, 0.1) is 17.3 Å². The molecule has 4 heteroatoms. The molecule has 2 nitrogen and oxygen atoms in total. The number of fused-ring (bicyclic) bond motifs is 1. The first-order valence-electron chi connectivity index (χ1n) is 7.06. The number of ketones is 1. The SMILES string of the molecule is C=C(C)C1CC2(CCl)C(=CCCC2CCl)C(=O)C1OC. The van der Waals surface area contributed by atoms with Gasteiger partial charge in [0.25, 0.3) is 0 Å². The number of ether oxygens (including phenoxy) is 1. The molecule has 0 aromatic carbocycles. The Morgan fingerprint density at radius 3 is 2.75 bits per heavy atom. The summed E-state index contributed by atoms with van der Waals surface area (Å²) in [4.78, 5) is 12.8. The first-order valence-corrected chi connectivity index (χ1v) is 8.13. The average molecular weight is 317 g/mol. The second-order valence-corrected chi connectivity index (χ2v) is 6.59. The van der Waals surface area contributed by atoms with E-state index in [1.165, 1.54) is 0 Å². The summed E-state index contributed by atoms with van der Waals surface area (Å²) < 4.78 is 5.46. The van der Waals surface area contributed by atoms with Crippen LogP contribution in [0.25, 0.3) is 0 Å². The van der Waals surface area contributed by atoms with Crippen molar-refractivity contribution in [3.63, 3.8) is 0 Å². The van der Waals surface area contributed by atoms with Crippen molar-refractivity contribution in [2.45, 2.75) is 32.3 Å². The Labute approximate surface area is 131 Å². The number of allylic oxidation sites excluding steroid dienone is 1. The number of Topliss-reactive ketones (excluding diaryl/α,β-unsaturated/α-hetero) is 1. The summed E-state index contributed by atoms with van der Waals surface area (Å²) in [5, 5.41) is 0. The van der Waals surface area contributed by atoms with Crippen molar-refractivity contribution in [2.24, 2.45) is 17.3 Å². The van der Waals surface area contributed by atoms with Crippen LogP contribution < -0.4 is 0 Å². The van der Waals surface area contributed by atoms with Crippen LogP contribution in [0.5, 0.6) is 0 Å². The summed E-state index contributed by atoms with van der Waals surface area (Å²) in [5.74, 6) is 1.32. The molecule has 0 amide bonds. The van der Waals surface area contributed by atoms with Crippen LogP contribution in [0.2, 0.25) is 0 Å². The van der Waals surface area contributed by atoms with Crippen LogP contribution in [0.15, 0.2) is 23.8 Å². The standard InChI is InChI=1S/C16H22Cl2O2/c1-10(2)12-7-16(9-18)11(8-17)5-4-6-13(16)14(19)15(12)20-3/h6,11-12,15H,1,4-5,7-9H2,2-3H3. The highest BCUT2D eigenvalue weighted by Gasteiger charge is 2.53. The van der Waals surface area contributed by atoms with E-state index in [4.69, 9.17) is 27.9 Å². The number of rotatable bonds is 4. The summed E-state index contributed by atoms with van der Waals surface area (Å²) in [6.45, 7) is 6.00. The number of carbonyl (C=O) groups is 1. The van der Waals surface area contributed by atoms with Gasteiger partial charge in [0.1, 0.15) is 6.10 Å². The zero-order valence-electron chi connectivity index (χ0n) is 12.1. The smallest absolute Gasteiger partial charge is 0.188 e. The largest absolute Gasteiger partial charge is 0.373 e. The Morgan fingerprint density at radius 1 is 1.55 bits per heavy atom. The quantitative estimate of drug-likeness (QED) is 0.579. The molecule has 4 unspecified atom stereocenters. The van der Waals surface area contributed by atoms with E-state index in [1.807, 2.05) is 6.92 Å². The predicted octanol–water partition coefficient (Wildman–Crippen LogP) is 3.97. The van der Waals surface area contributed by atoms with Crippen LogP contribution in [0.4, 0.5) is 0 Å². The number of hydrogen-bond acceptors (Lipinski definition) is 2. The summed E-state index contributed by atoms with van der Waals surface area (Å²) in [5.41, 5.74) is 1.51. The van der Waals surface area contributed by atoms with E-state index >= 15 is 0 Å². The molecule has 0 aliphatic heterocycles. The fraction of sp³-hybridized carbons (Fsp3) is 0.688. The number of hydrogen-bond donors (Lipinski definition) is 0. The van der Waals surface area contributed by atoms with Crippen molar-refractivity contribution < 1.29 is 9.53 Å². The Morgan fingerprint density at radius 2 is 2.25 bits per heavy atom. The minimum atomic E-state index is -0.427. The fourth-order valence-electron chi connectivity index (χ4n) is 3.75. The molecule has 0 aromatic heterocycles. The van der Waals surface area contributed by atoms with Gasteiger partial charge in [0.2, 0.25) is 0 Å². The van der Waals surface area contributed by atoms with Crippen molar-refractivity contribution in [3.8, 4) is 0 Å². The molecule has 0 bridgehead atoms. The van der Waals surface area contributed by atoms with E-state index in [0.29, 0.717) is 11.8 Å². The number of alkyl halides is 2. The summed E-state index contributed by atoms with van der Waals surface area (Å²) in [7, 11) is 1.59. The maximum absolute atomic E-state index is 12.8. The highest BCUT2D eigenvalue weighted by atomic mass is 35.5. The van der Waals surface area contributed by atoms with Crippen molar-refractivity contribution in [1.29, 1.82) is 0 Å². The van der Waals surface area contributed by atoms with Crippen LogP contribution >= 0.6 is 23.2 Å². The number of methoxy groups -OCH3 is 1. The molecule has 0 aromatic rings. The van der Waals surface area contributed by atoms with Crippen molar-refractivity contribution in [1.82, 2.24) is 0 Å². The molecule has 1 saturated carbocycles. The Bertz CT molecular complexity index is 444. The summed E-state index contributed by atoms with van der Waals surface area (Å²) in [6, 6.07) is 0. The summed E-state index contributed by atoms with van der Waals surface area (Å²) >= 11 is 12.5. The molecule has 0 saturated heterocycles. The third-order valence-corrected chi connectivity index (χ3v) is 5.82. The van der Waals surface area contributed by atoms with Gasteiger partial charge in [-0.3, -0.25) is 4.79 Å². The third kappa shape index (κ3) is 2.36. The second-order valence-electron chi connectivity index (χ2n) is 6.01. The maximum Gasteiger partial charge on any atom is 0.188 e. The molecular weight excluding hydrogens is 295 g/mol. The van der Waals surface area contributed by atoms with Crippen molar-refractivity contribution in [2.75, 3.05) is 18.9 Å². The first-order chi connectivity index (χ1) is 9.51. The lowest BCUT2D eigenvalue weighted by molar-refractivity contribution is -0.133.